The Morgan fingerprint density at radius 1 is 1.62 bits per heavy atom. The zero-order chi connectivity index (χ0) is 9.42. The molecule has 1 aromatic heterocycles. The topological polar surface area (TPSA) is 49.5 Å². The van der Waals surface area contributed by atoms with Crippen molar-refractivity contribution in [3.8, 4) is 0 Å². The lowest BCUT2D eigenvalue weighted by Gasteiger charge is -2.27. The maximum Gasteiger partial charge on any atom is 0.154 e. The smallest absolute Gasteiger partial charge is 0.154 e. The summed E-state index contributed by atoms with van der Waals surface area (Å²) < 4.78 is 5.16. The third-order valence-electron chi connectivity index (χ3n) is 2.59. The average Bonchev–Trinajstić information content (AvgIpc) is 2.47. The summed E-state index contributed by atoms with van der Waals surface area (Å²) in [5.74, 6) is 0.907. The summed E-state index contributed by atoms with van der Waals surface area (Å²) in [6, 6.07) is 0. The molecule has 1 aliphatic rings. The number of nitrogens with zero attached hydrogens (tertiary/aromatic N) is 2. The van der Waals surface area contributed by atoms with E-state index in [0.29, 0.717) is 6.54 Å². The van der Waals surface area contributed by atoms with Gasteiger partial charge in [-0.3, -0.25) is 4.90 Å². The van der Waals surface area contributed by atoms with Crippen LogP contribution in [0.1, 0.15) is 23.9 Å². The van der Waals surface area contributed by atoms with Gasteiger partial charge in [-0.15, -0.1) is 0 Å². The summed E-state index contributed by atoms with van der Waals surface area (Å²) in [7, 11) is 0. The van der Waals surface area contributed by atoms with Gasteiger partial charge in [0.25, 0.3) is 0 Å². The largest absolute Gasteiger partial charge is 0.379 e. The summed E-state index contributed by atoms with van der Waals surface area (Å²) in [4.78, 5) is 1.97. The van der Waals surface area contributed by atoms with Crippen LogP contribution >= 0.6 is 0 Å². The molecule has 0 spiro atoms. The van der Waals surface area contributed by atoms with Crippen LogP contribution in [0.5, 0.6) is 0 Å². The van der Waals surface area contributed by atoms with E-state index in [0.717, 1.165) is 24.4 Å². The van der Waals surface area contributed by atoms with Crippen LogP contribution < -0.4 is 0 Å². The molecule has 1 unspecified atom stereocenters. The van der Waals surface area contributed by atoms with Gasteiger partial charge in [-0.05, 0) is 20.3 Å². The molecule has 0 fully saturated rings. The second-order valence-electron chi connectivity index (χ2n) is 3.52. The second-order valence-corrected chi connectivity index (χ2v) is 3.52. The average molecular weight is 182 g/mol. The summed E-state index contributed by atoms with van der Waals surface area (Å²) in [6.45, 7) is 5.29. The van der Waals surface area contributed by atoms with Crippen LogP contribution in [0.3, 0.4) is 0 Å². The second kappa shape index (κ2) is 3.12. The van der Waals surface area contributed by atoms with Gasteiger partial charge in [0.05, 0.1) is 12.2 Å². The van der Waals surface area contributed by atoms with Crippen LogP contribution in [0.2, 0.25) is 0 Å². The first-order chi connectivity index (χ1) is 6.18. The molecule has 1 N–H and O–H groups in total. The van der Waals surface area contributed by atoms with E-state index in [9.17, 15) is 5.11 Å². The lowest BCUT2D eigenvalue weighted by atomic mass is 10.1. The molecule has 1 atom stereocenters. The molecule has 13 heavy (non-hydrogen) atoms. The zero-order valence-electron chi connectivity index (χ0n) is 7.95. The van der Waals surface area contributed by atoms with Crippen molar-refractivity contribution in [3.63, 3.8) is 0 Å². The van der Waals surface area contributed by atoms with Crippen molar-refractivity contribution in [2.75, 3.05) is 6.54 Å². The number of hydrogen-bond donors (Lipinski definition) is 1. The van der Waals surface area contributed by atoms with E-state index in [4.69, 9.17) is 4.52 Å². The van der Waals surface area contributed by atoms with Crippen molar-refractivity contribution in [1.29, 1.82) is 0 Å². The summed E-state index contributed by atoms with van der Waals surface area (Å²) >= 11 is 0. The van der Waals surface area contributed by atoms with Crippen LogP contribution in [0, 0.1) is 6.92 Å². The highest BCUT2D eigenvalue weighted by Gasteiger charge is 2.24. The van der Waals surface area contributed by atoms with Gasteiger partial charge in [-0.25, -0.2) is 0 Å². The molecule has 72 valence electrons. The highest BCUT2D eigenvalue weighted by atomic mass is 16.5. The fourth-order valence-corrected chi connectivity index (χ4v) is 1.72. The molecule has 0 saturated carbocycles. The number of hydrogen-bond acceptors (Lipinski definition) is 4. The molecule has 1 aliphatic heterocycles. The normalized spacial score (nSPS) is 19.9. The first-order valence-corrected chi connectivity index (χ1v) is 4.54. The molecular formula is C9H14N2O2. The maximum absolute atomic E-state index is 9.37. The minimum Gasteiger partial charge on any atom is -0.379 e. The number of aliphatic hydroxyl groups excluding tert-OH is 1. The van der Waals surface area contributed by atoms with Gasteiger partial charge in [0.1, 0.15) is 6.23 Å². The molecular weight excluding hydrogens is 168 g/mol. The molecule has 2 heterocycles. The highest BCUT2D eigenvalue weighted by Crippen LogP contribution is 2.22. The number of fused-ring (bicyclic) bond motifs is 1. The van der Waals surface area contributed by atoms with E-state index in [1.54, 1.807) is 6.92 Å². The van der Waals surface area contributed by atoms with Crippen LogP contribution in [0.4, 0.5) is 0 Å². The SMILES string of the molecule is Cc1noc2c1CCN(C(C)O)C2. The van der Waals surface area contributed by atoms with Crippen molar-refractivity contribution in [3.05, 3.63) is 17.0 Å². The van der Waals surface area contributed by atoms with E-state index >= 15 is 0 Å². The molecule has 0 saturated heterocycles. The Bertz CT molecular complexity index is 307. The van der Waals surface area contributed by atoms with Gasteiger partial charge in [-0.2, -0.15) is 0 Å². The summed E-state index contributed by atoms with van der Waals surface area (Å²) in [5.41, 5.74) is 2.21. The Balaban J connectivity index is 2.21. The zero-order valence-corrected chi connectivity index (χ0v) is 7.95. The van der Waals surface area contributed by atoms with Crippen LogP contribution in [0.25, 0.3) is 0 Å². The van der Waals surface area contributed by atoms with Crippen LogP contribution in [-0.2, 0) is 13.0 Å². The standard InChI is InChI=1S/C9H14N2O2/c1-6-8-3-4-11(7(2)12)5-9(8)13-10-6/h7,12H,3-5H2,1-2H3. The first kappa shape index (κ1) is 8.72. The van der Waals surface area contributed by atoms with E-state index in [2.05, 4.69) is 5.16 Å². The summed E-state index contributed by atoms with van der Waals surface area (Å²) in [5, 5.41) is 13.3. The third-order valence-corrected chi connectivity index (χ3v) is 2.59. The number of aliphatic hydroxyl groups is 1. The van der Waals surface area contributed by atoms with Gasteiger partial charge in [-0.1, -0.05) is 5.16 Å². The molecule has 1 aromatic rings. The number of aromatic nitrogens is 1. The lowest BCUT2D eigenvalue weighted by Crippen LogP contribution is -2.37. The van der Waals surface area contributed by atoms with Crippen molar-refractivity contribution in [2.45, 2.75) is 33.0 Å². The van der Waals surface area contributed by atoms with E-state index in [-0.39, 0.29) is 0 Å². The van der Waals surface area contributed by atoms with Gasteiger partial charge < -0.3 is 9.63 Å². The Labute approximate surface area is 77.1 Å². The van der Waals surface area contributed by atoms with E-state index < -0.39 is 6.23 Å². The van der Waals surface area contributed by atoms with E-state index in [1.165, 1.54) is 5.56 Å². The Morgan fingerprint density at radius 3 is 3.08 bits per heavy atom. The molecule has 0 radical (unpaired) electrons. The van der Waals surface area contributed by atoms with Crippen molar-refractivity contribution >= 4 is 0 Å². The number of aryl methyl sites for hydroxylation is 1. The van der Waals surface area contributed by atoms with Gasteiger partial charge in [0.15, 0.2) is 5.76 Å². The Hall–Kier alpha value is -0.870. The molecule has 0 aliphatic carbocycles. The predicted octanol–water partition coefficient (Wildman–Crippen LogP) is 0.679. The molecule has 0 amide bonds. The fraction of sp³-hybridized carbons (Fsp3) is 0.667. The number of rotatable bonds is 1. The van der Waals surface area contributed by atoms with E-state index in [1.807, 2.05) is 11.8 Å². The molecule has 0 bridgehead atoms. The first-order valence-electron chi connectivity index (χ1n) is 4.54. The third kappa shape index (κ3) is 1.47. The van der Waals surface area contributed by atoms with Crippen molar-refractivity contribution in [2.24, 2.45) is 0 Å². The Morgan fingerprint density at radius 2 is 2.38 bits per heavy atom. The quantitative estimate of drug-likeness (QED) is 0.694. The summed E-state index contributed by atoms with van der Waals surface area (Å²) in [6.07, 6.45) is 0.522. The molecule has 2 rings (SSSR count). The van der Waals surface area contributed by atoms with Gasteiger partial charge in [0.2, 0.25) is 0 Å². The van der Waals surface area contributed by atoms with Gasteiger partial charge >= 0.3 is 0 Å². The van der Waals surface area contributed by atoms with Crippen molar-refractivity contribution in [1.82, 2.24) is 10.1 Å². The molecule has 4 nitrogen and oxygen atoms in total. The van der Waals surface area contributed by atoms with Gasteiger partial charge in [0, 0.05) is 12.1 Å². The maximum atomic E-state index is 9.37. The van der Waals surface area contributed by atoms with Crippen LogP contribution in [0.15, 0.2) is 4.52 Å². The Kier molecular flexibility index (Phi) is 2.09. The minimum absolute atomic E-state index is 0.404. The lowest BCUT2D eigenvalue weighted by molar-refractivity contribution is 0.00324. The predicted molar refractivity (Wildman–Crippen MR) is 47.0 cm³/mol. The van der Waals surface area contributed by atoms with Crippen LogP contribution in [-0.4, -0.2) is 27.9 Å². The highest BCUT2D eigenvalue weighted by molar-refractivity contribution is 5.24. The van der Waals surface area contributed by atoms with Crippen molar-refractivity contribution < 1.29 is 9.63 Å². The minimum atomic E-state index is -0.404. The molecule has 4 heteroatoms. The monoisotopic (exact) mass is 182 g/mol. The fourth-order valence-electron chi connectivity index (χ4n) is 1.72. The molecule has 0 aromatic carbocycles.